The molecule has 0 aliphatic rings. The van der Waals surface area contributed by atoms with E-state index in [1.807, 2.05) is 10.6 Å². The van der Waals surface area contributed by atoms with Gasteiger partial charge in [-0.1, -0.05) is 11.6 Å². The lowest BCUT2D eigenvalue weighted by Gasteiger charge is -2.14. The lowest BCUT2D eigenvalue weighted by atomic mass is 10.2. The number of aromatic nitrogens is 2. The maximum atomic E-state index is 14.9. The summed E-state index contributed by atoms with van der Waals surface area (Å²) in [6, 6.07) is 5.73. The van der Waals surface area contributed by atoms with E-state index in [9.17, 15) is 31.1 Å². The summed E-state index contributed by atoms with van der Waals surface area (Å²) < 4.78 is 87.5. The number of urea groups is 1. The first-order valence-corrected chi connectivity index (χ1v) is 9.91. The van der Waals surface area contributed by atoms with Gasteiger partial charge in [0.25, 0.3) is 0 Å². The number of benzene rings is 3. The van der Waals surface area contributed by atoms with Crippen LogP contribution in [0.4, 0.5) is 42.5 Å². The van der Waals surface area contributed by atoms with Crippen molar-refractivity contribution in [3.8, 4) is 11.5 Å². The van der Waals surface area contributed by atoms with Crippen molar-refractivity contribution in [2.45, 2.75) is 6.18 Å². The number of hydrogen-bond donors (Lipinski definition) is 2. The van der Waals surface area contributed by atoms with Crippen molar-refractivity contribution < 1.29 is 35.9 Å². The van der Waals surface area contributed by atoms with Crippen molar-refractivity contribution in [1.29, 1.82) is 0 Å². The van der Waals surface area contributed by atoms with Crippen LogP contribution in [-0.4, -0.2) is 16.0 Å². The predicted octanol–water partition coefficient (Wildman–Crippen LogP) is 7.16. The molecular weight excluding hydrogens is 502 g/mol. The third-order valence-electron chi connectivity index (χ3n) is 4.55. The zero-order valence-corrected chi connectivity index (χ0v) is 17.8. The number of carbonyl (C=O) groups excluding carboxylic acids is 1. The minimum atomic E-state index is -4.79. The Bertz CT molecular complexity index is 1450. The van der Waals surface area contributed by atoms with Crippen LogP contribution in [0.2, 0.25) is 5.02 Å². The van der Waals surface area contributed by atoms with Crippen LogP contribution < -0.4 is 15.4 Å². The molecule has 3 aromatic carbocycles. The van der Waals surface area contributed by atoms with E-state index in [1.165, 1.54) is 30.6 Å². The number of nitrogens with zero attached hydrogens (tertiary/aromatic N) is 2. The van der Waals surface area contributed by atoms with Gasteiger partial charge in [0.2, 0.25) is 11.6 Å². The number of alkyl halides is 3. The number of fused-ring (bicyclic) bond motifs is 1. The third-order valence-corrected chi connectivity index (χ3v) is 4.88. The molecule has 4 aromatic rings. The van der Waals surface area contributed by atoms with Gasteiger partial charge in [-0.25, -0.2) is 13.6 Å². The summed E-state index contributed by atoms with van der Waals surface area (Å²) in [4.78, 5) is 20.3. The molecule has 0 spiro atoms. The summed E-state index contributed by atoms with van der Waals surface area (Å²) in [7, 11) is 0. The molecule has 2 N–H and O–H groups in total. The fourth-order valence-corrected chi connectivity index (χ4v) is 3.22. The average Bonchev–Trinajstić information content (AvgIpc) is 2.80. The normalized spacial score (nSPS) is 11.4. The second-order valence-corrected chi connectivity index (χ2v) is 7.35. The molecule has 1 aromatic heterocycles. The largest absolute Gasteiger partial charge is 0.451 e. The first kappa shape index (κ1) is 24.1. The molecule has 0 aliphatic heterocycles. The first-order chi connectivity index (χ1) is 16.5. The Balaban J connectivity index is 1.58. The fraction of sp³-hybridized carbons (Fsp3) is 0.0455. The Morgan fingerprint density at radius 1 is 0.886 bits per heavy atom. The number of carbonyl (C=O) groups is 1. The molecule has 6 nitrogen and oxygen atoms in total. The van der Waals surface area contributed by atoms with Gasteiger partial charge in [-0.2, -0.15) is 17.6 Å². The van der Waals surface area contributed by atoms with Crippen molar-refractivity contribution in [3.05, 3.63) is 82.9 Å². The molecule has 0 aliphatic carbocycles. The number of hydrogen-bond acceptors (Lipinski definition) is 4. The van der Waals surface area contributed by atoms with Gasteiger partial charge < -0.3 is 15.4 Å². The highest BCUT2D eigenvalue weighted by Gasteiger charge is 2.33. The van der Waals surface area contributed by atoms with Crippen molar-refractivity contribution in [2.75, 3.05) is 10.6 Å². The summed E-state index contributed by atoms with van der Waals surface area (Å²) in [6.45, 7) is 0. The number of nitrogens with one attached hydrogen (secondary N) is 2. The van der Waals surface area contributed by atoms with Crippen LogP contribution in [-0.2, 0) is 6.18 Å². The minimum absolute atomic E-state index is 0.0994. The Labute approximate surface area is 197 Å². The van der Waals surface area contributed by atoms with Gasteiger partial charge in [-0.15, -0.1) is 0 Å². The van der Waals surface area contributed by atoms with Crippen molar-refractivity contribution >= 4 is 40.0 Å². The maximum absolute atomic E-state index is 14.9. The molecule has 2 amide bonds. The van der Waals surface area contributed by atoms with E-state index in [2.05, 4.69) is 9.97 Å². The van der Waals surface area contributed by atoms with E-state index in [0.717, 1.165) is 12.1 Å². The molecule has 4 rings (SSSR count). The van der Waals surface area contributed by atoms with Crippen LogP contribution in [0, 0.1) is 17.5 Å². The number of amides is 2. The van der Waals surface area contributed by atoms with Crippen LogP contribution >= 0.6 is 11.6 Å². The molecule has 1 heterocycles. The molecular formula is C22H11ClF6N4O2. The molecule has 0 bridgehead atoms. The zero-order valence-electron chi connectivity index (χ0n) is 17.1. The molecule has 0 radical (unpaired) electrons. The molecule has 35 heavy (non-hydrogen) atoms. The van der Waals surface area contributed by atoms with E-state index < -0.39 is 51.7 Å². The van der Waals surface area contributed by atoms with Crippen LogP contribution in [0.3, 0.4) is 0 Å². The van der Waals surface area contributed by atoms with Crippen LogP contribution in [0.5, 0.6) is 11.5 Å². The van der Waals surface area contributed by atoms with Gasteiger partial charge in [0.05, 0.1) is 27.3 Å². The summed E-state index contributed by atoms with van der Waals surface area (Å²) in [5.41, 5.74) is -1.58. The Morgan fingerprint density at radius 2 is 1.60 bits per heavy atom. The number of anilines is 2. The minimum Gasteiger partial charge on any atom is -0.451 e. The van der Waals surface area contributed by atoms with Crippen molar-refractivity contribution in [1.82, 2.24) is 9.97 Å². The zero-order chi connectivity index (χ0) is 25.3. The van der Waals surface area contributed by atoms with Crippen LogP contribution in [0.25, 0.3) is 11.0 Å². The quantitative estimate of drug-likeness (QED) is 0.225. The van der Waals surface area contributed by atoms with Crippen LogP contribution in [0.1, 0.15) is 5.56 Å². The second-order valence-electron chi connectivity index (χ2n) is 6.94. The number of halogens is 7. The van der Waals surface area contributed by atoms with Crippen LogP contribution in [0.15, 0.2) is 54.9 Å². The molecule has 0 atom stereocenters. The highest BCUT2D eigenvalue weighted by atomic mass is 35.5. The van der Waals surface area contributed by atoms with Gasteiger partial charge in [0.1, 0.15) is 5.75 Å². The molecule has 0 fully saturated rings. The number of rotatable bonds is 4. The first-order valence-electron chi connectivity index (χ1n) is 9.54. The summed E-state index contributed by atoms with van der Waals surface area (Å²) in [5, 5.41) is 3.34. The maximum Gasteiger partial charge on any atom is 0.417 e. The van der Waals surface area contributed by atoms with E-state index >= 15 is 0 Å². The van der Waals surface area contributed by atoms with Gasteiger partial charge in [-0.3, -0.25) is 9.97 Å². The second kappa shape index (κ2) is 9.29. The van der Waals surface area contributed by atoms with E-state index in [1.54, 1.807) is 0 Å². The molecule has 0 unspecified atom stereocenters. The third kappa shape index (κ3) is 5.22. The summed E-state index contributed by atoms with van der Waals surface area (Å²) in [6.07, 6.45) is -1.97. The molecule has 13 heteroatoms. The van der Waals surface area contributed by atoms with Gasteiger partial charge in [0, 0.05) is 30.2 Å². The molecule has 0 saturated carbocycles. The van der Waals surface area contributed by atoms with E-state index in [0.29, 0.717) is 23.2 Å². The van der Waals surface area contributed by atoms with Crippen molar-refractivity contribution in [2.24, 2.45) is 0 Å². The van der Waals surface area contributed by atoms with Gasteiger partial charge in [0.15, 0.2) is 11.6 Å². The fourth-order valence-electron chi connectivity index (χ4n) is 2.99. The average molecular weight is 513 g/mol. The van der Waals surface area contributed by atoms with Gasteiger partial charge >= 0.3 is 12.2 Å². The Morgan fingerprint density at radius 3 is 2.31 bits per heavy atom. The lowest BCUT2D eigenvalue weighted by Crippen LogP contribution is -2.21. The highest BCUT2D eigenvalue weighted by Crippen LogP contribution is 2.37. The SMILES string of the molecule is O=C(Nc1ccc(Cl)c(C(F)(F)F)c1)Nc1cc(F)c(F)c(Oc2ccc3nccnc3c2)c1F. The van der Waals surface area contributed by atoms with E-state index in [4.69, 9.17) is 16.3 Å². The predicted molar refractivity (Wildman–Crippen MR) is 115 cm³/mol. The monoisotopic (exact) mass is 512 g/mol. The standard InChI is InChI=1S/C22H11ClF6N4O2/c23-13-3-1-10(7-12(13)22(27,28)29)32-21(34)33-17-9-14(24)18(25)20(19(17)26)35-11-2-4-15-16(8-11)31-6-5-30-15/h1-9H,(H2,32,33,34). The highest BCUT2D eigenvalue weighted by molar-refractivity contribution is 6.31. The molecule has 180 valence electrons. The topological polar surface area (TPSA) is 76.1 Å². The van der Waals surface area contributed by atoms with Crippen molar-refractivity contribution in [3.63, 3.8) is 0 Å². The van der Waals surface area contributed by atoms with E-state index in [-0.39, 0.29) is 11.4 Å². The lowest BCUT2D eigenvalue weighted by molar-refractivity contribution is -0.137. The summed E-state index contributed by atoms with van der Waals surface area (Å²) >= 11 is 5.52. The Hall–Kier alpha value is -4.06. The molecule has 0 saturated heterocycles. The Kier molecular flexibility index (Phi) is 6.39. The van der Waals surface area contributed by atoms with Gasteiger partial charge in [-0.05, 0) is 30.3 Å². The smallest absolute Gasteiger partial charge is 0.417 e. The summed E-state index contributed by atoms with van der Waals surface area (Å²) in [5.74, 6) is -5.94. The number of ether oxygens (including phenoxy) is 1.